The zero-order valence-corrected chi connectivity index (χ0v) is 7.62. The van der Waals surface area contributed by atoms with E-state index in [2.05, 4.69) is 11.8 Å². The van der Waals surface area contributed by atoms with E-state index in [4.69, 9.17) is 5.11 Å². The summed E-state index contributed by atoms with van der Waals surface area (Å²) < 4.78 is 0. The Morgan fingerprint density at radius 2 is 2.33 bits per heavy atom. The highest BCUT2D eigenvalue weighted by Gasteiger charge is 2.22. The molecule has 0 aliphatic carbocycles. The summed E-state index contributed by atoms with van der Waals surface area (Å²) in [6.45, 7) is 4.16. The van der Waals surface area contributed by atoms with Crippen LogP contribution < -0.4 is 0 Å². The van der Waals surface area contributed by atoms with E-state index in [1.807, 2.05) is 0 Å². The third kappa shape index (κ3) is 2.48. The minimum atomic E-state index is -0.666. The maximum Gasteiger partial charge on any atom is 0.304 e. The van der Waals surface area contributed by atoms with Gasteiger partial charge in [-0.2, -0.15) is 0 Å². The standard InChI is InChI=1S/C9H17NO2/c1-2-10-6-4-3-5-8(10)7-9(11)12/h8H,2-7H2,1H3,(H,11,12)/t8-/m1/s1. The van der Waals surface area contributed by atoms with Gasteiger partial charge < -0.3 is 10.0 Å². The highest BCUT2D eigenvalue weighted by Crippen LogP contribution is 2.18. The van der Waals surface area contributed by atoms with Gasteiger partial charge in [0.1, 0.15) is 0 Å². The second kappa shape index (κ2) is 4.45. The van der Waals surface area contributed by atoms with E-state index in [-0.39, 0.29) is 0 Å². The number of aliphatic carboxylic acids is 1. The molecule has 0 spiro atoms. The molecule has 3 heteroatoms. The van der Waals surface area contributed by atoms with Crippen LogP contribution in [0.25, 0.3) is 0 Å². The lowest BCUT2D eigenvalue weighted by atomic mass is 10.00. The molecule has 0 unspecified atom stereocenters. The number of likely N-dealkylation sites (tertiary alicyclic amines) is 1. The molecule has 1 aliphatic heterocycles. The van der Waals surface area contributed by atoms with Crippen LogP contribution >= 0.6 is 0 Å². The Hall–Kier alpha value is -0.570. The van der Waals surface area contributed by atoms with Crippen molar-refractivity contribution in [1.82, 2.24) is 4.90 Å². The third-order valence-corrected chi connectivity index (χ3v) is 2.57. The average Bonchev–Trinajstić information content (AvgIpc) is 2.04. The molecular formula is C9H17NO2. The van der Waals surface area contributed by atoms with Gasteiger partial charge in [0.2, 0.25) is 0 Å². The highest BCUT2D eigenvalue weighted by atomic mass is 16.4. The Bertz CT molecular complexity index is 159. The topological polar surface area (TPSA) is 40.5 Å². The quantitative estimate of drug-likeness (QED) is 0.696. The summed E-state index contributed by atoms with van der Waals surface area (Å²) >= 11 is 0. The first-order valence-electron chi connectivity index (χ1n) is 4.70. The van der Waals surface area contributed by atoms with Crippen molar-refractivity contribution in [2.24, 2.45) is 0 Å². The van der Waals surface area contributed by atoms with E-state index < -0.39 is 5.97 Å². The number of hydrogen-bond acceptors (Lipinski definition) is 2. The smallest absolute Gasteiger partial charge is 0.304 e. The minimum Gasteiger partial charge on any atom is -0.481 e. The van der Waals surface area contributed by atoms with Crippen molar-refractivity contribution < 1.29 is 9.90 Å². The summed E-state index contributed by atoms with van der Waals surface area (Å²) in [4.78, 5) is 12.8. The zero-order valence-electron chi connectivity index (χ0n) is 7.62. The van der Waals surface area contributed by atoms with Gasteiger partial charge in [-0.05, 0) is 25.9 Å². The Kier molecular flexibility index (Phi) is 3.53. The van der Waals surface area contributed by atoms with E-state index >= 15 is 0 Å². The molecule has 0 aromatic rings. The molecule has 0 amide bonds. The normalized spacial score (nSPS) is 25.6. The molecule has 1 atom stereocenters. The average molecular weight is 171 g/mol. The molecule has 1 aliphatic rings. The van der Waals surface area contributed by atoms with Gasteiger partial charge in [-0.25, -0.2) is 0 Å². The molecule has 1 saturated heterocycles. The second-order valence-electron chi connectivity index (χ2n) is 3.38. The van der Waals surface area contributed by atoms with Crippen molar-refractivity contribution in [3.05, 3.63) is 0 Å². The highest BCUT2D eigenvalue weighted by molar-refractivity contribution is 5.67. The molecule has 0 radical (unpaired) electrons. The van der Waals surface area contributed by atoms with E-state index in [0.717, 1.165) is 19.5 Å². The van der Waals surface area contributed by atoms with Gasteiger partial charge >= 0.3 is 5.97 Å². The lowest BCUT2D eigenvalue weighted by Crippen LogP contribution is -2.40. The molecule has 0 bridgehead atoms. The van der Waals surface area contributed by atoms with Crippen molar-refractivity contribution in [1.29, 1.82) is 0 Å². The van der Waals surface area contributed by atoms with Crippen molar-refractivity contribution in [3.8, 4) is 0 Å². The minimum absolute atomic E-state index is 0.293. The van der Waals surface area contributed by atoms with Crippen molar-refractivity contribution in [2.45, 2.75) is 38.6 Å². The molecule has 0 aromatic carbocycles. The van der Waals surface area contributed by atoms with Crippen molar-refractivity contribution >= 4 is 5.97 Å². The van der Waals surface area contributed by atoms with Crippen LogP contribution in [0.4, 0.5) is 0 Å². The second-order valence-corrected chi connectivity index (χ2v) is 3.38. The Balaban J connectivity index is 2.41. The predicted molar refractivity (Wildman–Crippen MR) is 47.1 cm³/mol. The van der Waals surface area contributed by atoms with Gasteiger partial charge in [-0.15, -0.1) is 0 Å². The lowest BCUT2D eigenvalue weighted by molar-refractivity contribution is -0.138. The van der Waals surface area contributed by atoms with Crippen LogP contribution in [0.15, 0.2) is 0 Å². The summed E-state index contributed by atoms with van der Waals surface area (Å²) in [5.74, 6) is -0.666. The molecule has 1 N–H and O–H groups in total. The summed E-state index contributed by atoms with van der Waals surface area (Å²) in [5.41, 5.74) is 0. The zero-order chi connectivity index (χ0) is 8.97. The van der Waals surface area contributed by atoms with E-state index in [1.165, 1.54) is 12.8 Å². The first-order chi connectivity index (χ1) is 5.74. The molecule has 1 heterocycles. The summed E-state index contributed by atoms with van der Waals surface area (Å²) in [6, 6.07) is 0.293. The first-order valence-corrected chi connectivity index (χ1v) is 4.70. The van der Waals surface area contributed by atoms with E-state index in [1.54, 1.807) is 0 Å². The maximum absolute atomic E-state index is 10.5. The van der Waals surface area contributed by atoms with Crippen LogP contribution in [0.1, 0.15) is 32.6 Å². The summed E-state index contributed by atoms with van der Waals surface area (Å²) in [7, 11) is 0. The van der Waals surface area contributed by atoms with Gasteiger partial charge in [0.25, 0.3) is 0 Å². The van der Waals surface area contributed by atoms with Gasteiger partial charge in [0.05, 0.1) is 6.42 Å². The summed E-state index contributed by atoms with van der Waals surface area (Å²) in [6.07, 6.45) is 3.78. The van der Waals surface area contributed by atoms with E-state index in [0.29, 0.717) is 12.5 Å². The fraction of sp³-hybridized carbons (Fsp3) is 0.889. The number of hydrogen-bond donors (Lipinski definition) is 1. The number of piperidine rings is 1. The fourth-order valence-corrected chi connectivity index (χ4v) is 1.91. The molecule has 3 nitrogen and oxygen atoms in total. The van der Waals surface area contributed by atoms with Gasteiger partial charge in [-0.1, -0.05) is 13.3 Å². The van der Waals surface area contributed by atoms with Crippen molar-refractivity contribution in [3.63, 3.8) is 0 Å². The molecule has 12 heavy (non-hydrogen) atoms. The van der Waals surface area contributed by atoms with Crippen LogP contribution in [0.2, 0.25) is 0 Å². The molecule has 0 aromatic heterocycles. The number of carboxylic acid groups (broad SMARTS) is 1. The van der Waals surface area contributed by atoms with Crippen molar-refractivity contribution in [2.75, 3.05) is 13.1 Å². The number of nitrogens with zero attached hydrogens (tertiary/aromatic N) is 1. The SMILES string of the molecule is CCN1CCCC[C@@H]1CC(=O)O. The van der Waals surface area contributed by atoms with Crippen LogP contribution in [0.3, 0.4) is 0 Å². The van der Waals surface area contributed by atoms with Gasteiger partial charge in [0.15, 0.2) is 0 Å². The number of carbonyl (C=O) groups is 1. The lowest BCUT2D eigenvalue weighted by Gasteiger charge is -2.33. The molecule has 1 rings (SSSR count). The third-order valence-electron chi connectivity index (χ3n) is 2.57. The molecule has 1 fully saturated rings. The Morgan fingerprint density at radius 1 is 1.58 bits per heavy atom. The molecular weight excluding hydrogens is 154 g/mol. The van der Waals surface area contributed by atoms with Crippen LogP contribution in [0, 0.1) is 0 Å². The van der Waals surface area contributed by atoms with Gasteiger partial charge in [-0.3, -0.25) is 4.79 Å². The van der Waals surface area contributed by atoms with Crippen LogP contribution in [0.5, 0.6) is 0 Å². The Labute approximate surface area is 73.4 Å². The monoisotopic (exact) mass is 171 g/mol. The number of carboxylic acids is 1. The Morgan fingerprint density at radius 3 is 2.92 bits per heavy atom. The van der Waals surface area contributed by atoms with E-state index in [9.17, 15) is 4.79 Å². The largest absolute Gasteiger partial charge is 0.481 e. The molecule has 70 valence electrons. The van der Waals surface area contributed by atoms with Crippen LogP contribution in [-0.4, -0.2) is 35.1 Å². The predicted octanol–water partition coefficient (Wildman–Crippen LogP) is 1.34. The van der Waals surface area contributed by atoms with Crippen LogP contribution in [-0.2, 0) is 4.79 Å². The first kappa shape index (κ1) is 9.52. The molecule has 0 saturated carbocycles. The number of rotatable bonds is 3. The fourth-order valence-electron chi connectivity index (χ4n) is 1.91. The maximum atomic E-state index is 10.5. The van der Waals surface area contributed by atoms with Gasteiger partial charge in [0, 0.05) is 6.04 Å². The summed E-state index contributed by atoms with van der Waals surface area (Å²) in [5, 5.41) is 8.65.